The Morgan fingerprint density at radius 1 is 1.45 bits per heavy atom. The quantitative estimate of drug-likeness (QED) is 0.420. The number of fused-ring (bicyclic) bond motifs is 1. The topological polar surface area (TPSA) is 130 Å². The maximum absolute atomic E-state index is 12.7. The summed E-state index contributed by atoms with van der Waals surface area (Å²) in [5.41, 5.74) is 0.529. The van der Waals surface area contributed by atoms with Gasteiger partial charge in [0, 0.05) is 23.4 Å². The number of rotatable bonds is 8. The van der Waals surface area contributed by atoms with Gasteiger partial charge >= 0.3 is 5.97 Å². The molecule has 2 aliphatic heterocycles. The van der Waals surface area contributed by atoms with Gasteiger partial charge in [-0.15, -0.1) is 28.2 Å². The van der Waals surface area contributed by atoms with Gasteiger partial charge in [-0.05, 0) is 27.4 Å². The SMILES string of the molecule is Cn1nnnc1SC/C=C/C1=C(C(=O)O)N2C(=O)[C@@H](NC(=O)Cc3cccs3)[C@H]2SC1. The van der Waals surface area contributed by atoms with Gasteiger partial charge in [-0.25, -0.2) is 9.48 Å². The molecule has 0 unspecified atom stereocenters. The fraction of sp³-hybridized carbons (Fsp3) is 0.333. The van der Waals surface area contributed by atoms with E-state index in [1.54, 1.807) is 17.8 Å². The van der Waals surface area contributed by atoms with E-state index in [1.165, 1.54) is 39.8 Å². The molecule has 0 saturated carbocycles. The summed E-state index contributed by atoms with van der Waals surface area (Å²) in [5, 5.41) is 25.8. The van der Waals surface area contributed by atoms with Crippen LogP contribution < -0.4 is 5.32 Å². The summed E-state index contributed by atoms with van der Waals surface area (Å²) in [6.07, 6.45) is 3.75. The number of hydrogen-bond acceptors (Lipinski definition) is 9. The first-order chi connectivity index (χ1) is 15.0. The third kappa shape index (κ3) is 4.52. The van der Waals surface area contributed by atoms with Crippen LogP contribution in [0.3, 0.4) is 0 Å². The van der Waals surface area contributed by atoms with E-state index in [0.717, 1.165) is 4.88 Å². The molecule has 0 aromatic carbocycles. The molecule has 162 valence electrons. The van der Waals surface area contributed by atoms with Gasteiger partial charge in [0.05, 0.1) is 6.42 Å². The van der Waals surface area contributed by atoms with Crippen molar-refractivity contribution in [3.63, 3.8) is 0 Å². The molecular weight excluding hydrogens is 460 g/mol. The minimum absolute atomic E-state index is 0.0286. The lowest BCUT2D eigenvalue weighted by Gasteiger charge is -2.49. The summed E-state index contributed by atoms with van der Waals surface area (Å²) in [4.78, 5) is 39.0. The molecule has 0 radical (unpaired) electrons. The average molecular weight is 479 g/mol. The highest BCUT2D eigenvalue weighted by Crippen LogP contribution is 2.40. The Morgan fingerprint density at radius 2 is 2.29 bits per heavy atom. The number of allylic oxidation sites excluding steroid dienone is 1. The molecule has 1 saturated heterocycles. The number of carboxylic acid groups (broad SMARTS) is 1. The first-order valence-electron chi connectivity index (χ1n) is 9.20. The molecule has 2 aliphatic rings. The smallest absolute Gasteiger partial charge is 0.352 e. The van der Waals surface area contributed by atoms with E-state index in [0.29, 0.717) is 22.2 Å². The van der Waals surface area contributed by atoms with Gasteiger partial charge in [-0.2, -0.15) is 0 Å². The van der Waals surface area contributed by atoms with Crippen molar-refractivity contribution in [3.8, 4) is 0 Å². The van der Waals surface area contributed by atoms with Gasteiger partial charge < -0.3 is 10.4 Å². The van der Waals surface area contributed by atoms with Crippen LogP contribution in [0.5, 0.6) is 0 Å². The third-order valence-corrected chi connectivity index (χ3v) is 7.78. The number of aromatic nitrogens is 4. The predicted molar refractivity (Wildman–Crippen MR) is 116 cm³/mol. The highest BCUT2D eigenvalue weighted by atomic mass is 32.2. The van der Waals surface area contributed by atoms with Gasteiger partial charge in [-0.1, -0.05) is 30.0 Å². The zero-order valence-corrected chi connectivity index (χ0v) is 18.7. The molecular formula is C18H18N6O4S3. The zero-order chi connectivity index (χ0) is 22.0. The van der Waals surface area contributed by atoms with E-state index in [1.807, 2.05) is 23.6 Å². The molecule has 2 aromatic heterocycles. The lowest BCUT2D eigenvalue weighted by molar-refractivity contribution is -0.150. The lowest BCUT2D eigenvalue weighted by Crippen LogP contribution is -2.70. The molecule has 31 heavy (non-hydrogen) atoms. The average Bonchev–Trinajstić information content (AvgIpc) is 3.40. The molecule has 10 nitrogen and oxygen atoms in total. The number of aryl methyl sites for hydroxylation is 1. The zero-order valence-electron chi connectivity index (χ0n) is 16.3. The van der Waals surface area contributed by atoms with Gasteiger partial charge in [0.15, 0.2) is 0 Å². The molecule has 0 bridgehead atoms. The van der Waals surface area contributed by atoms with Crippen LogP contribution in [0, 0.1) is 0 Å². The van der Waals surface area contributed by atoms with Crippen LogP contribution in [0.15, 0.2) is 46.1 Å². The number of β-lactam (4-membered cyclic amide) rings is 1. The molecule has 2 N–H and O–H groups in total. The van der Waals surface area contributed by atoms with Crippen molar-refractivity contribution in [1.29, 1.82) is 0 Å². The van der Waals surface area contributed by atoms with Gasteiger partial charge in [-0.3, -0.25) is 14.5 Å². The summed E-state index contributed by atoms with van der Waals surface area (Å²) >= 11 is 4.33. The number of carbonyl (C=O) groups is 3. The Labute approximate surface area is 189 Å². The maximum atomic E-state index is 12.7. The molecule has 0 aliphatic carbocycles. The normalized spacial score (nSPS) is 20.7. The van der Waals surface area contributed by atoms with Crippen LogP contribution in [0.2, 0.25) is 0 Å². The number of hydrogen-bond donors (Lipinski definition) is 2. The predicted octanol–water partition coefficient (Wildman–Crippen LogP) is 0.901. The van der Waals surface area contributed by atoms with Crippen molar-refractivity contribution in [1.82, 2.24) is 30.4 Å². The van der Waals surface area contributed by atoms with Gasteiger partial charge in [0.1, 0.15) is 17.1 Å². The number of carbonyl (C=O) groups excluding carboxylic acids is 2. The number of thioether (sulfide) groups is 2. The molecule has 13 heteroatoms. The highest BCUT2D eigenvalue weighted by molar-refractivity contribution is 8.00. The standard InChI is InChI=1S/C18H18N6O4S3/c1-23-18(20-21-22-23)30-7-2-4-10-9-31-16-13(15(26)24(16)14(10)17(27)28)19-12(25)8-11-5-3-6-29-11/h2-6,13,16H,7-9H2,1H3,(H,19,25)(H,27,28)/b4-2+/t13-,16-/m1/s1. The lowest BCUT2D eigenvalue weighted by atomic mass is 10.0. The molecule has 4 rings (SSSR count). The van der Waals surface area contributed by atoms with Crippen LogP contribution in [-0.4, -0.2) is 70.9 Å². The first kappa shape index (κ1) is 21.6. The number of nitrogens with zero attached hydrogens (tertiary/aromatic N) is 5. The fourth-order valence-corrected chi connectivity index (χ4v) is 5.90. The highest BCUT2D eigenvalue weighted by Gasteiger charge is 2.53. The second-order valence-electron chi connectivity index (χ2n) is 6.69. The molecule has 1 fully saturated rings. The number of nitrogens with one attached hydrogen (secondary N) is 1. The van der Waals surface area contributed by atoms with E-state index in [-0.39, 0.29) is 18.0 Å². The van der Waals surface area contributed by atoms with Crippen LogP contribution in [0.25, 0.3) is 0 Å². The number of thiophene rings is 1. The third-order valence-electron chi connectivity index (χ3n) is 4.64. The minimum atomic E-state index is -1.16. The molecule has 4 heterocycles. The Hall–Kier alpha value is -2.64. The van der Waals surface area contributed by atoms with Crippen molar-refractivity contribution >= 4 is 52.6 Å². The molecule has 2 atom stereocenters. The summed E-state index contributed by atoms with van der Waals surface area (Å²) in [6, 6.07) is 3.01. The van der Waals surface area contributed by atoms with Gasteiger partial charge in [0.25, 0.3) is 5.91 Å². The van der Waals surface area contributed by atoms with E-state index in [2.05, 4.69) is 20.8 Å². The second-order valence-corrected chi connectivity index (χ2v) is 9.81. The minimum Gasteiger partial charge on any atom is -0.477 e. The molecule has 0 spiro atoms. The van der Waals surface area contributed by atoms with Crippen LogP contribution >= 0.6 is 34.9 Å². The van der Waals surface area contributed by atoms with Crippen molar-refractivity contribution < 1.29 is 19.5 Å². The Kier molecular flexibility index (Phi) is 6.43. The Balaban J connectivity index is 1.40. The largest absolute Gasteiger partial charge is 0.477 e. The Morgan fingerprint density at radius 3 is 2.97 bits per heavy atom. The fourth-order valence-electron chi connectivity index (χ4n) is 3.22. The number of tetrazole rings is 1. The molecule has 2 aromatic rings. The van der Waals surface area contributed by atoms with E-state index < -0.39 is 23.3 Å². The van der Waals surface area contributed by atoms with Crippen molar-refractivity contribution in [3.05, 3.63) is 45.8 Å². The van der Waals surface area contributed by atoms with E-state index in [4.69, 9.17) is 0 Å². The number of carboxylic acids is 1. The number of aliphatic carboxylic acids is 1. The van der Waals surface area contributed by atoms with Gasteiger partial charge in [0.2, 0.25) is 11.1 Å². The van der Waals surface area contributed by atoms with Crippen molar-refractivity contribution in [2.45, 2.75) is 23.0 Å². The second kappa shape index (κ2) is 9.24. The summed E-state index contributed by atoms with van der Waals surface area (Å²) in [7, 11) is 1.74. The summed E-state index contributed by atoms with van der Waals surface area (Å²) in [5.74, 6) is -0.831. The molecule has 2 amide bonds. The number of amides is 2. The summed E-state index contributed by atoms with van der Waals surface area (Å²) in [6.45, 7) is 0. The first-order valence-corrected chi connectivity index (χ1v) is 12.1. The summed E-state index contributed by atoms with van der Waals surface area (Å²) < 4.78 is 1.55. The van der Waals surface area contributed by atoms with Crippen molar-refractivity contribution in [2.24, 2.45) is 7.05 Å². The van der Waals surface area contributed by atoms with Crippen molar-refractivity contribution in [2.75, 3.05) is 11.5 Å². The Bertz CT molecular complexity index is 1060. The monoisotopic (exact) mass is 478 g/mol. The van der Waals surface area contributed by atoms with Crippen LogP contribution in [-0.2, 0) is 27.9 Å². The van der Waals surface area contributed by atoms with E-state index in [9.17, 15) is 19.5 Å². The van der Waals surface area contributed by atoms with E-state index >= 15 is 0 Å². The maximum Gasteiger partial charge on any atom is 0.352 e. The van der Waals surface area contributed by atoms with Crippen LogP contribution in [0.1, 0.15) is 4.88 Å². The van der Waals surface area contributed by atoms with Crippen LogP contribution in [0.4, 0.5) is 0 Å².